The van der Waals surface area contributed by atoms with Gasteiger partial charge in [0.25, 0.3) is 0 Å². The molecule has 0 spiro atoms. The maximum atomic E-state index is 12.3. The maximum Gasteiger partial charge on any atom is 0.410 e. The molecule has 0 radical (unpaired) electrons. The zero-order valence-electron chi connectivity index (χ0n) is 15.5. The fourth-order valence-corrected chi connectivity index (χ4v) is 3.77. The van der Waals surface area contributed by atoms with Crippen LogP contribution >= 0.6 is 15.9 Å². The molecule has 0 aliphatic carbocycles. The minimum absolute atomic E-state index is 0.120. The van der Waals surface area contributed by atoms with Crippen LogP contribution in [-0.2, 0) is 4.74 Å². The first-order valence-corrected chi connectivity index (χ1v) is 9.73. The molecule has 1 atom stereocenters. The standard InChI is InChI=1S/C19H22BrN5O2/c1-19(2,3)27-18(26)25-7-6-10(9-25)17-23-14-12-5-4-11(20)8-13(12)22-16(21)15(14)24-17/h4-5,8,10H,6-7,9H2,1-3H3,(H2,21,22)(H,23,24)/t10-/m0/s1. The third kappa shape index (κ3) is 3.45. The topological polar surface area (TPSA) is 97.1 Å². The van der Waals surface area contributed by atoms with Gasteiger partial charge in [-0.25, -0.2) is 14.8 Å². The summed E-state index contributed by atoms with van der Waals surface area (Å²) < 4.78 is 6.42. The number of hydrogen-bond acceptors (Lipinski definition) is 5. The first-order chi connectivity index (χ1) is 12.7. The lowest BCUT2D eigenvalue weighted by Crippen LogP contribution is -2.35. The van der Waals surface area contributed by atoms with Gasteiger partial charge >= 0.3 is 6.09 Å². The van der Waals surface area contributed by atoms with E-state index in [4.69, 9.17) is 15.5 Å². The maximum absolute atomic E-state index is 12.3. The summed E-state index contributed by atoms with van der Waals surface area (Å²) in [5.41, 5.74) is 8.01. The molecule has 2 aromatic heterocycles. The van der Waals surface area contributed by atoms with Crippen LogP contribution in [0, 0.1) is 0 Å². The van der Waals surface area contributed by atoms with Gasteiger partial charge in [0.05, 0.1) is 5.52 Å². The zero-order chi connectivity index (χ0) is 19.3. The lowest BCUT2D eigenvalue weighted by atomic mass is 10.1. The van der Waals surface area contributed by atoms with Gasteiger partial charge in [-0.1, -0.05) is 15.9 Å². The number of nitrogen functional groups attached to an aromatic ring is 1. The number of aromatic nitrogens is 3. The first kappa shape index (κ1) is 18.0. The molecule has 3 N–H and O–H groups in total. The normalized spacial score (nSPS) is 17.8. The summed E-state index contributed by atoms with van der Waals surface area (Å²) in [6.45, 7) is 6.84. The van der Waals surface area contributed by atoms with Gasteiger partial charge in [0.1, 0.15) is 28.3 Å². The van der Waals surface area contributed by atoms with Crippen LogP contribution in [0.25, 0.3) is 21.9 Å². The number of H-pyrrole nitrogens is 1. The van der Waals surface area contributed by atoms with Crippen LogP contribution in [0.3, 0.4) is 0 Å². The number of nitrogens with two attached hydrogens (primary N) is 1. The molecule has 3 aromatic rings. The average molecular weight is 432 g/mol. The summed E-state index contributed by atoms with van der Waals surface area (Å²) >= 11 is 3.46. The number of likely N-dealkylation sites (tertiary alicyclic amines) is 1. The molecule has 1 amide bonds. The molecule has 4 rings (SSSR count). The number of hydrogen-bond donors (Lipinski definition) is 2. The average Bonchev–Trinajstić information content (AvgIpc) is 3.20. The van der Waals surface area contributed by atoms with E-state index >= 15 is 0 Å². The van der Waals surface area contributed by atoms with E-state index in [1.807, 2.05) is 39.0 Å². The van der Waals surface area contributed by atoms with E-state index in [-0.39, 0.29) is 12.0 Å². The van der Waals surface area contributed by atoms with Crippen molar-refractivity contribution in [1.29, 1.82) is 0 Å². The summed E-state index contributed by atoms with van der Waals surface area (Å²) in [5.74, 6) is 1.38. The molecular weight excluding hydrogens is 410 g/mol. The highest BCUT2D eigenvalue weighted by Gasteiger charge is 2.32. The lowest BCUT2D eigenvalue weighted by molar-refractivity contribution is 0.0292. The molecule has 0 bridgehead atoms. The molecule has 0 unspecified atom stereocenters. The second-order valence-electron chi connectivity index (χ2n) is 7.92. The van der Waals surface area contributed by atoms with Gasteiger partial charge in [0.15, 0.2) is 0 Å². The number of imidazole rings is 1. The Hall–Kier alpha value is -2.35. The minimum atomic E-state index is -0.498. The van der Waals surface area contributed by atoms with Gasteiger partial charge in [-0.05, 0) is 45.4 Å². The van der Waals surface area contributed by atoms with Gasteiger partial charge in [-0.2, -0.15) is 0 Å². The number of benzene rings is 1. The van der Waals surface area contributed by atoms with E-state index in [0.717, 1.165) is 38.7 Å². The van der Waals surface area contributed by atoms with E-state index in [2.05, 4.69) is 25.9 Å². The molecule has 8 heteroatoms. The number of carbonyl (C=O) groups is 1. The Morgan fingerprint density at radius 3 is 2.89 bits per heavy atom. The molecule has 3 heterocycles. The van der Waals surface area contributed by atoms with Crippen molar-refractivity contribution in [2.24, 2.45) is 0 Å². The molecular formula is C19H22BrN5O2. The molecule has 27 heavy (non-hydrogen) atoms. The number of pyridine rings is 1. The van der Waals surface area contributed by atoms with Gasteiger partial charge < -0.3 is 20.4 Å². The van der Waals surface area contributed by atoms with Gasteiger partial charge in [0.2, 0.25) is 0 Å². The van der Waals surface area contributed by atoms with Crippen LogP contribution in [-0.4, -0.2) is 44.6 Å². The Morgan fingerprint density at radius 2 is 2.15 bits per heavy atom. The highest BCUT2D eigenvalue weighted by Crippen LogP contribution is 2.32. The van der Waals surface area contributed by atoms with Crippen molar-refractivity contribution in [3.05, 3.63) is 28.5 Å². The zero-order valence-corrected chi connectivity index (χ0v) is 17.1. The SMILES string of the molecule is CC(C)(C)OC(=O)N1CC[C@H](c2nc3c([nH]2)c(N)nc2cc(Br)ccc23)C1. The number of nitrogens with zero attached hydrogens (tertiary/aromatic N) is 3. The van der Waals surface area contributed by atoms with Crippen LogP contribution in [0.2, 0.25) is 0 Å². The van der Waals surface area contributed by atoms with Crippen molar-refractivity contribution < 1.29 is 9.53 Å². The minimum Gasteiger partial charge on any atom is -0.444 e. The second-order valence-corrected chi connectivity index (χ2v) is 8.83. The third-order valence-electron chi connectivity index (χ3n) is 4.66. The number of ether oxygens (including phenoxy) is 1. The Bertz CT molecular complexity index is 1040. The number of rotatable bonds is 1. The molecule has 1 aliphatic rings. The highest BCUT2D eigenvalue weighted by molar-refractivity contribution is 9.10. The lowest BCUT2D eigenvalue weighted by Gasteiger charge is -2.24. The number of halogens is 1. The fraction of sp³-hybridized carbons (Fsp3) is 0.421. The summed E-state index contributed by atoms with van der Waals surface area (Å²) in [4.78, 5) is 26.7. The van der Waals surface area contributed by atoms with Crippen molar-refractivity contribution in [3.8, 4) is 0 Å². The molecule has 1 aromatic carbocycles. The van der Waals surface area contributed by atoms with Gasteiger partial charge in [-0.15, -0.1) is 0 Å². The Kier molecular flexibility index (Phi) is 4.25. The summed E-state index contributed by atoms with van der Waals surface area (Å²) in [5, 5.41) is 0.951. The molecule has 142 valence electrons. The van der Waals surface area contributed by atoms with Crippen molar-refractivity contribution in [2.75, 3.05) is 18.8 Å². The smallest absolute Gasteiger partial charge is 0.410 e. The molecule has 7 nitrogen and oxygen atoms in total. The fourth-order valence-electron chi connectivity index (χ4n) is 3.42. The van der Waals surface area contributed by atoms with Crippen LogP contribution in [0.4, 0.5) is 10.6 Å². The van der Waals surface area contributed by atoms with E-state index < -0.39 is 5.60 Å². The monoisotopic (exact) mass is 431 g/mol. The molecule has 0 saturated carbocycles. The van der Waals surface area contributed by atoms with Gasteiger partial charge in [-0.3, -0.25) is 0 Å². The van der Waals surface area contributed by atoms with Crippen LogP contribution in [0.5, 0.6) is 0 Å². The van der Waals surface area contributed by atoms with Gasteiger partial charge in [0, 0.05) is 28.9 Å². The first-order valence-electron chi connectivity index (χ1n) is 8.93. The number of aromatic amines is 1. The Labute approximate surface area is 165 Å². The van der Waals surface area contributed by atoms with E-state index in [9.17, 15) is 4.79 Å². The molecule has 1 saturated heterocycles. The largest absolute Gasteiger partial charge is 0.444 e. The molecule has 1 fully saturated rings. The summed E-state index contributed by atoms with van der Waals surface area (Å²) in [6.07, 6.45) is 0.549. The number of fused-ring (bicyclic) bond motifs is 3. The van der Waals surface area contributed by atoms with E-state index in [1.54, 1.807) is 4.90 Å². The number of amides is 1. The van der Waals surface area contributed by atoms with Crippen molar-refractivity contribution in [1.82, 2.24) is 19.9 Å². The predicted octanol–water partition coefficient (Wildman–Crippen LogP) is 4.18. The number of carbonyl (C=O) groups excluding carboxylic acids is 1. The van der Waals surface area contributed by atoms with E-state index in [0.29, 0.717) is 18.9 Å². The van der Waals surface area contributed by atoms with Crippen LogP contribution in [0.1, 0.15) is 38.9 Å². The Morgan fingerprint density at radius 1 is 1.37 bits per heavy atom. The highest BCUT2D eigenvalue weighted by atomic mass is 79.9. The Balaban J connectivity index is 1.64. The summed E-state index contributed by atoms with van der Waals surface area (Å²) in [6, 6.07) is 5.88. The third-order valence-corrected chi connectivity index (χ3v) is 5.15. The van der Waals surface area contributed by atoms with E-state index in [1.165, 1.54) is 0 Å². The van der Waals surface area contributed by atoms with Crippen molar-refractivity contribution in [2.45, 2.75) is 38.7 Å². The van der Waals surface area contributed by atoms with Crippen LogP contribution < -0.4 is 5.73 Å². The number of nitrogens with one attached hydrogen (secondary N) is 1. The van der Waals surface area contributed by atoms with Crippen molar-refractivity contribution >= 4 is 49.8 Å². The number of anilines is 1. The quantitative estimate of drug-likeness (QED) is 0.601. The van der Waals surface area contributed by atoms with Crippen molar-refractivity contribution in [3.63, 3.8) is 0 Å². The molecule has 1 aliphatic heterocycles. The van der Waals surface area contributed by atoms with Crippen LogP contribution in [0.15, 0.2) is 22.7 Å². The predicted molar refractivity (Wildman–Crippen MR) is 109 cm³/mol. The summed E-state index contributed by atoms with van der Waals surface area (Å²) in [7, 11) is 0. The second kappa shape index (κ2) is 6.37.